The number of aryl methyl sites for hydroxylation is 2. The summed E-state index contributed by atoms with van der Waals surface area (Å²) in [4.78, 5) is 28.7. The van der Waals surface area contributed by atoms with Gasteiger partial charge in [0.05, 0.1) is 11.4 Å². The number of nitrogen functional groups attached to an aromatic ring is 1. The molecule has 3 N–H and O–H groups in total. The van der Waals surface area contributed by atoms with Gasteiger partial charge in [-0.15, -0.1) is 0 Å². The molecule has 2 aliphatic heterocycles. The van der Waals surface area contributed by atoms with Crippen LogP contribution in [-0.2, 0) is 13.6 Å². The summed E-state index contributed by atoms with van der Waals surface area (Å²) in [5, 5.41) is 7.64. The quantitative estimate of drug-likeness (QED) is 0.577. The number of likely N-dealkylation sites (tertiary alicyclic amines) is 1. The summed E-state index contributed by atoms with van der Waals surface area (Å²) in [6, 6.07) is 3.40. The van der Waals surface area contributed by atoms with Crippen LogP contribution < -0.4 is 16.0 Å². The molecule has 1 atom stereocenters. The Labute approximate surface area is 218 Å². The normalized spacial score (nSPS) is 22.2. The fraction of sp³-hybridized carbons (Fsp3) is 0.680. The monoisotopic (exact) mass is 515 g/mol. The first-order chi connectivity index (χ1) is 17.3. The van der Waals surface area contributed by atoms with Gasteiger partial charge in [-0.05, 0) is 45.1 Å². The van der Waals surface area contributed by atoms with E-state index in [9.17, 15) is 4.79 Å². The van der Waals surface area contributed by atoms with E-state index in [1.165, 1.54) is 18.5 Å². The summed E-state index contributed by atoms with van der Waals surface area (Å²) in [6.07, 6.45) is 5.39. The van der Waals surface area contributed by atoms with Crippen LogP contribution in [0.4, 0.5) is 11.6 Å². The van der Waals surface area contributed by atoms with Gasteiger partial charge in [-0.3, -0.25) is 19.3 Å². The number of hydrogen-bond acceptors (Lipinski definition) is 8. The molecule has 2 saturated heterocycles. The van der Waals surface area contributed by atoms with E-state index in [1.807, 2.05) is 18.7 Å². The van der Waals surface area contributed by atoms with Crippen LogP contribution in [0.2, 0.25) is 5.15 Å². The molecule has 1 aliphatic carbocycles. The van der Waals surface area contributed by atoms with Crippen LogP contribution in [-0.4, -0.2) is 86.3 Å². The van der Waals surface area contributed by atoms with E-state index in [4.69, 9.17) is 17.3 Å². The Morgan fingerprint density at radius 1 is 1.17 bits per heavy atom. The molecule has 2 aromatic heterocycles. The van der Waals surface area contributed by atoms with E-state index in [2.05, 4.69) is 48.1 Å². The van der Waals surface area contributed by atoms with Crippen LogP contribution in [0.1, 0.15) is 60.9 Å². The van der Waals surface area contributed by atoms with Crippen molar-refractivity contribution >= 4 is 29.1 Å². The predicted molar refractivity (Wildman–Crippen MR) is 141 cm³/mol. The number of carbonyl (C=O) groups excluding carboxylic acids is 1. The zero-order valence-electron chi connectivity index (χ0n) is 21.6. The molecule has 1 saturated carbocycles. The summed E-state index contributed by atoms with van der Waals surface area (Å²) >= 11 is 6.53. The minimum absolute atomic E-state index is 0.120. The van der Waals surface area contributed by atoms with E-state index in [-0.39, 0.29) is 28.6 Å². The first-order valence-corrected chi connectivity index (χ1v) is 13.6. The molecular formula is C25H38ClN9O. The molecule has 0 aromatic carbocycles. The molecule has 1 amide bonds. The topological polar surface area (TPSA) is 108 Å². The van der Waals surface area contributed by atoms with Gasteiger partial charge in [-0.25, -0.2) is 9.97 Å². The van der Waals surface area contributed by atoms with Crippen molar-refractivity contribution < 1.29 is 4.79 Å². The Bertz CT molecular complexity index is 1090. The second-order valence-electron chi connectivity index (χ2n) is 10.5. The van der Waals surface area contributed by atoms with Gasteiger partial charge >= 0.3 is 0 Å². The maximum atomic E-state index is 12.4. The number of aromatic nitrogens is 4. The van der Waals surface area contributed by atoms with Crippen molar-refractivity contribution in [3.8, 4) is 0 Å². The molecule has 36 heavy (non-hydrogen) atoms. The third kappa shape index (κ3) is 5.45. The predicted octanol–water partition coefficient (Wildman–Crippen LogP) is 2.21. The molecule has 5 rings (SSSR count). The van der Waals surface area contributed by atoms with Crippen LogP contribution in [0, 0.1) is 6.92 Å². The number of carbonyl (C=O) groups is 1. The van der Waals surface area contributed by atoms with Gasteiger partial charge in [-0.2, -0.15) is 5.10 Å². The molecule has 0 spiro atoms. The number of rotatable bonds is 7. The van der Waals surface area contributed by atoms with Gasteiger partial charge < -0.3 is 16.0 Å². The van der Waals surface area contributed by atoms with E-state index < -0.39 is 0 Å². The van der Waals surface area contributed by atoms with Crippen LogP contribution >= 0.6 is 11.6 Å². The maximum Gasteiger partial charge on any atom is 0.274 e. The average molecular weight is 516 g/mol. The number of piperazine rings is 1. The van der Waals surface area contributed by atoms with Crippen molar-refractivity contribution in [2.24, 2.45) is 7.05 Å². The lowest BCUT2D eigenvalue weighted by Gasteiger charge is -2.47. The van der Waals surface area contributed by atoms with E-state index in [0.29, 0.717) is 17.9 Å². The number of piperidine rings is 1. The fourth-order valence-electron chi connectivity index (χ4n) is 5.62. The molecule has 4 heterocycles. The summed E-state index contributed by atoms with van der Waals surface area (Å²) in [6.45, 7) is 10.0. The molecule has 0 radical (unpaired) electrons. The minimum Gasteiger partial charge on any atom is -0.382 e. The van der Waals surface area contributed by atoms with Crippen LogP contribution in [0.25, 0.3) is 0 Å². The molecule has 0 unspecified atom stereocenters. The van der Waals surface area contributed by atoms with Crippen molar-refractivity contribution in [3.63, 3.8) is 0 Å². The third-order valence-corrected chi connectivity index (χ3v) is 8.05. The van der Waals surface area contributed by atoms with Crippen LogP contribution in [0.5, 0.6) is 0 Å². The van der Waals surface area contributed by atoms with E-state index >= 15 is 0 Å². The Kier molecular flexibility index (Phi) is 7.37. The van der Waals surface area contributed by atoms with Gasteiger partial charge in [-0.1, -0.05) is 18.5 Å². The molecule has 2 aromatic rings. The maximum absolute atomic E-state index is 12.4. The highest BCUT2D eigenvalue weighted by Crippen LogP contribution is 2.30. The molecule has 10 nitrogen and oxygen atoms in total. The minimum atomic E-state index is -0.294. The average Bonchev–Trinajstić information content (AvgIpc) is 3.62. The van der Waals surface area contributed by atoms with Crippen molar-refractivity contribution in [3.05, 3.63) is 28.3 Å². The van der Waals surface area contributed by atoms with Gasteiger partial charge in [0.25, 0.3) is 5.91 Å². The van der Waals surface area contributed by atoms with Crippen molar-refractivity contribution in [2.45, 2.75) is 70.6 Å². The number of nitrogens with zero attached hydrogens (tertiary/aromatic N) is 7. The Hall–Kier alpha value is -2.43. The summed E-state index contributed by atoms with van der Waals surface area (Å²) in [7, 11) is 2.03. The van der Waals surface area contributed by atoms with Gasteiger partial charge in [0.2, 0.25) is 0 Å². The van der Waals surface area contributed by atoms with Crippen molar-refractivity contribution in [2.75, 3.05) is 43.4 Å². The van der Waals surface area contributed by atoms with Crippen LogP contribution in [0.15, 0.2) is 6.07 Å². The van der Waals surface area contributed by atoms with Crippen molar-refractivity contribution in [1.29, 1.82) is 0 Å². The largest absolute Gasteiger partial charge is 0.382 e. The highest BCUT2D eigenvalue weighted by Gasteiger charge is 2.35. The SMILES string of the molecule is CC[C@H]1CN(c2nc(N)c(C(=O)NC3CC3)nc2Cl)CCN1C1CCN(Cc2cc(C)nn2C)CC1. The Balaban J connectivity index is 1.19. The first-order valence-electron chi connectivity index (χ1n) is 13.2. The highest BCUT2D eigenvalue weighted by atomic mass is 35.5. The van der Waals surface area contributed by atoms with Crippen LogP contribution in [0.3, 0.4) is 0 Å². The van der Waals surface area contributed by atoms with E-state index in [1.54, 1.807) is 0 Å². The van der Waals surface area contributed by atoms with Crippen molar-refractivity contribution in [1.82, 2.24) is 34.9 Å². The van der Waals surface area contributed by atoms with Gasteiger partial charge in [0.1, 0.15) is 0 Å². The lowest BCUT2D eigenvalue weighted by Crippen LogP contribution is -2.58. The number of anilines is 2. The zero-order chi connectivity index (χ0) is 25.4. The standard InChI is InChI=1S/C25H38ClN9O/c1-4-18-15-34(24-22(26)29-21(23(27)30-24)25(36)28-17-5-6-17)11-12-35(18)19-7-9-33(10-8-19)14-20-13-16(2)31-32(20)3/h13,17-19H,4-12,14-15H2,1-3H3,(H2,27,30)(H,28,36)/t18-/m0/s1. The zero-order valence-corrected chi connectivity index (χ0v) is 22.3. The fourth-order valence-corrected chi connectivity index (χ4v) is 5.87. The third-order valence-electron chi connectivity index (χ3n) is 7.80. The Morgan fingerprint density at radius 3 is 2.56 bits per heavy atom. The lowest BCUT2D eigenvalue weighted by molar-refractivity contribution is 0.0604. The molecule has 3 fully saturated rings. The number of hydrogen-bond donors (Lipinski definition) is 2. The number of halogens is 1. The Morgan fingerprint density at radius 2 is 1.92 bits per heavy atom. The van der Waals surface area contributed by atoms with E-state index in [0.717, 1.165) is 64.2 Å². The highest BCUT2D eigenvalue weighted by molar-refractivity contribution is 6.32. The molecule has 3 aliphatic rings. The first kappa shape index (κ1) is 25.2. The second kappa shape index (κ2) is 10.5. The summed E-state index contributed by atoms with van der Waals surface area (Å²) in [5.74, 6) is 0.424. The molecular weight excluding hydrogens is 478 g/mol. The molecule has 11 heteroatoms. The second-order valence-corrected chi connectivity index (χ2v) is 10.8. The molecule has 196 valence electrons. The van der Waals surface area contributed by atoms with Gasteiger partial charge in [0.15, 0.2) is 22.5 Å². The molecule has 0 bridgehead atoms. The number of nitrogens with two attached hydrogens (primary N) is 1. The smallest absolute Gasteiger partial charge is 0.274 e. The summed E-state index contributed by atoms with van der Waals surface area (Å²) in [5.41, 5.74) is 8.62. The number of amides is 1. The summed E-state index contributed by atoms with van der Waals surface area (Å²) < 4.78 is 2.00. The number of nitrogens with one attached hydrogen (secondary N) is 1. The lowest BCUT2D eigenvalue weighted by atomic mass is 9.98. The van der Waals surface area contributed by atoms with Gasteiger partial charge in [0, 0.05) is 64.4 Å².